The van der Waals surface area contributed by atoms with Crippen molar-refractivity contribution < 1.29 is 22.8 Å². The Balaban J connectivity index is 1.71. The number of carbonyl (C=O) groups is 2. The molecule has 4 nitrogen and oxygen atoms in total. The molecule has 1 aromatic carbocycles. The van der Waals surface area contributed by atoms with Gasteiger partial charge in [0, 0.05) is 30.6 Å². The molecule has 1 saturated carbocycles. The van der Waals surface area contributed by atoms with Crippen molar-refractivity contribution in [2.75, 3.05) is 11.9 Å². The average Bonchev–Trinajstić information content (AvgIpc) is 2.86. The fraction of sp³-hybridized carbons (Fsp3) is 0.579. The molecular weight excluding hydrogens is 345 g/mol. The zero-order chi connectivity index (χ0) is 19.3. The Kier molecular flexibility index (Phi) is 4.63. The number of rotatable bonds is 4. The molecule has 1 heterocycles. The largest absolute Gasteiger partial charge is 0.401 e. The molecule has 142 valence electrons. The first-order valence-corrected chi connectivity index (χ1v) is 8.70. The van der Waals surface area contributed by atoms with E-state index in [2.05, 4.69) is 5.32 Å². The minimum Gasteiger partial charge on any atom is -0.326 e. The van der Waals surface area contributed by atoms with E-state index in [-0.39, 0.29) is 36.6 Å². The Morgan fingerprint density at radius 2 is 1.92 bits per heavy atom. The SMILES string of the molecule is CC(=O)[C@@H]1C[C@H](C(=O)Nc2cccc3c2CN(CC(F)(F)F)C3)C1(C)C. The second-order valence-corrected chi connectivity index (χ2v) is 7.97. The van der Waals surface area contributed by atoms with E-state index in [1.807, 2.05) is 13.8 Å². The molecule has 1 fully saturated rings. The molecule has 1 aromatic rings. The number of nitrogens with one attached hydrogen (secondary N) is 1. The maximum Gasteiger partial charge on any atom is 0.401 e. The Labute approximate surface area is 150 Å². The van der Waals surface area contributed by atoms with Crippen LogP contribution in [0.15, 0.2) is 18.2 Å². The van der Waals surface area contributed by atoms with Crippen LogP contribution in [0.5, 0.6) is 0 Å². The minimum absolute atomic E-state index is 0.0856. The predicted octanol–water partition coefficient (Wildman–Crippen LogP) is 3.75. The van der Waals surface area contributed by atoms with Gasteiger partial charge in [0.1, 0.15) is 5.78 Å². The zero-order valence-corrected chi connectivity index (χ0v) is 15.1. The van der Waals surface area contributed by atoms with Gasteiger partial charge in [-0.1, -0.05) is 26.0 Å². The lowest BCUT2D eigenvalue weighted by atomic mass is 9.53. The van der Waals surface area contributed by atoms with Gasteiger partial charge < -0.3 is 5.32 Å². The van der Waals surface area contributed by atoms with Gasteiger partial charge in [0.15, 0.2) is 0 Å². The molecule has 7 heteroatoms. The van der Waals surface area contributed by atoms with Gasteiger partial charge in [-0.15, -0.1) is 0 Å². The molecule has 0 aromatic heterocycles. The van der Waals surface area contributed by atoms with Crippen LogP contribution in [0.2, 0.25) is 0 Å². The number of hydrogen-bond acceptors (Lipinski definition) is 3. The first-order valence-electron chi connectivity index (χ1n) is 8.70. The van der Waals surface area contributed by atoms with Crippen molar-refractivity contribution in [3.63, 3.8) is 0 Å². The first kappa shape index (κ1) is 18.9. The third kappa shape index (κ3) is 3.49. The third-order valence-electron chi connectivity index (χ3n) is 5.78. The number of ketones is 1. The van der Waals surface area contributed by atoms with Crippen LogP contribution in [-0.4, -0.2) is 29.3 Å². The van der Waals surface area contributed by atoms with E-state index in [9.17, 15) is 22.8 Å². The maximum atomic E-state index is 12.7. The van der Waals surface area contributed by atoms with Gasteiger partial charge in [0.25, 0.3) is 0 Å². The average molecular weight is 368 g/mol. The maximum absolute atomic E-state index is 12.7. The number of nitrogens with zero attached hydrogens (tertiary/aromatic N) is 1. The molecule has 0 bridgehead atoms. The molecule has 26 heavy (non-hydrogen) atoms. The number of carbonyl (C=O) groups excluding carboxylic acids is 2. The number of alkyl halides is 3. The number of Topliss-reactive ketones (excluding diaryl/α,β-unsaturated/α-hetero) is 1. The van der Waals surface area contributed by atoms with Crippen LogP contribution in [-0.2, 0) is 22.7 Å². The van der Waals surface area contributed by atoms with E-state index in [1.165, 1.54) is 4.90 Å². The van der Waals surface area contributed by atoms with Gasteiger partial charge in [0.05, 0.1) is 6.54 Å². The van der Waals surface area contributed by atoms with E-state index >= 15 is 0 Å². The Bertz CT molecular complexity index is 743. The van der Waals surface area contributed by atoms with Crippen LogP contribution in [0, 0.1) is 17.3 Å². The summed E-state index contributed by atoms with van der Waals surface area (Å²) in [5.74, 6) is -0.487. The number of benzene rings is 1. The summed E-state index contributed by atoms with van der Waals surface area (Å²) in [5.41, 5.74) is 1.71. The molecule has 1 N–H and O–H groups in total. The normalized spacial score (nSPS) is 24.7. The van der Waals surface area contributed by atoms with Gasteiger partial charge in [-0.2, -0.15) is 13.2 Å². The van der Waals surface area contributed by atoms with Crippen LogP contribution < -0.4 is 5.32 Å². The quantitative estimate of drug-likeness (QED) is 0.881. The van der Waals surface area contributed by atoms with E-state index in [0.29, 0.717) is 12.1 Å². The van der Waals surface area contributed by atoms with Gasteiger partial charge in [-0.05, 0) is 36.0 Å². The summed E-state index contributed by atoms with van der Waals surface area (Å²) in [6.45, 7) is 4.78. The summed E-state index contributed by atoms with van der Waals surface area (Å²) < 4.78 is 37.9. The predicted molar refractivity (Wildman–Crippen MR) is 91.3 cm³/mol. The fourth-order valence-electron chi connectivity index (χ4n) is 4.25. The van der Waals surface area contributed by atoms with Crippen molar-refractivity contribution in [3.05, 3.63) is 29.3 Å². The summed E-state index contributed by atoms with van der Waals surface area (Å²) in [6.07, 6.45) is -3.73. The van der Waals surface area contributed by atoms with Crippen molar-refractivity contribution in [2.24, 2.45) is 17.3 Å². The second-order valence-electron chi connectivity index (χ2n) is 7.97. The van der Waals surface area contributed by atoms with Crippen LogP contribution >= 0.6 is 0 Å². The Morgan fingerprint density at radius 3 is 2.50 bits per heavy atom. The minimum atomic E-state index is -4.25. The van der Waals surface area contributed by atoms with Crippen LogP contribution in [0.4, 0.5) is 18.9 Å². The van der Waals surface area contributed by atoms with Crippen LogP contribution in [0.25, 0.3) is 0 Å². The molecule has 2 aliphatic rings. The van der Waals surface area contributed by atoms with E-state index in [0.717, 1.165) is 11.1 Å². The molecule has 2 atom stereocenters. The molecular formula is C19H23F3N2O2. The molecule has 1 aliphatic heterocycles. The van der Waals surface area contributed by atoms with Crippen LogP contribution in [0.3, 0.4) is 0 Å². The lowest BCUT2D eigenvalue weighted by Crippen LogP contribution is -2.53. The lowest BCUT2D eigenvalue weighted by molar-refractivity contribution is -0.147. The van der Waals surface area contributed by atoms with Crippen molar-refractivity contribution in [2.45, 2.75) is 46.5 Å². The number of amides is 1. The Hall–Kier alpha value is -1.89. The highest BCUT2D eigenvalue weighted by Gasteiger charge is 2.53. The number of anilines is 1. The van der Waals surface area contributed by atoms with E-state index in [1.54, 1.807) is 25.1 Å². The van der Waals surface area contributed by atoms with E-state index < -0.39 is 18.1 Å². The van der Waals surface area contributed by atoms with E-state index in [4.69, 9.17) is 0 Å². The topological polar surface area (TPSA) is 49.4 Å². The molecule has 3 rings (SSSR count). The Morgan fingerprint density at radius 1 is 1.23 bits per heavy atom. The standard InChI is InChI=1S/C19H23F3N2O2/c1-11(25)14-7-15(18(14,2)3)17(26)23-16-6-4-5-12-8-24(9-13(12)16)10-19(20,21)22/h4-6,14-15H,7-10H2,1-3H3,(H,23,26)/t14-,15+/m0/s1. The number of hydrogen-bond donors (Lipinski definition) is 1. The molecule has 0 saturated heterocycles. The molecule has 1 amide bonds. The highest BCUT2D eigenvalue weighted by Crippen LogP contribution is 2.52. The summed E-state index contributed by atoms with van der Waals surface area (Å²) in [4.78, 5) is 25.6. The smallest absolute Gasteiger partial charge is 0.326 e. The highest BCUT2D eigenvalue weighted by molar-refractivity contribution is 5.96. The highest BCUT2D eigenvalue weighted by atomic mass is 19.4. The summed E-state index contributed by atoms with van der Waals surface area (Å²) in [5, 5.41) is 2.88. The van der Waals surface area contributed by atoms with Crippen molar-refractivity contribution >= 4 is 17.4 Å². The van der Waals surface area contributed by atoms with Gasteiger partial charge in [-0.3, -0.25) is 14.5 Å². The number of halogens is 3. The molecule has 0 unspecified atom stereocenters. The molecule has 0 radical (unpaired) electrons. The first-order chi connectivity index (χ1) is 12.0. The van der Waals surface area contributed by atoms with Gasteiger partial charge >= 0.3 is 6.18 Å². The summed E-state index contributed by atoms with van der Waals surface area (Å²) in [7, 11) is 0. The summed E-state index contributed by atoms with van der Waals surface area (Å²) >= 11 is 0. The van der Waals surface area contributed by atoms with Gasteiger partial charge in [-0.25, -0.2) is 0 Å². The molecule has 1 aliphatic carbocycles. The monoisotopic (exact) mass is 368 g/mol. The zero-order valence-electron chi connectivity index (χ0n) is 15.1. The van der Waals surface area contributed by atoms with Crippen molar-refractivity contribution in [1.29, 1.82) is 0 Å². The molecule has 0 spiro atoms. The van der Waals surface area contributed by atoms with Crippen molar-refractivity contribution in [3.8, 4) is 0 Å². The van der Waals surface area contributed by atoms with Crippen molar-refractivity contribution in [1.82, 2.24) is 4.90 Å². The third-order valence-corrected chi connectivity index (χ3v) is 5.78. The fourth-order valence-corrected chi connectivity index (χ4v) is 4.25. The number of fused-ring (bicyclic) bond motifs is 1. The summed E-state index contributed by atoms with van der Waals surface area (Å²) in [6, 6.07) is 5.26. The van der Waals surface area contributed by atoms with Gasteiger partial charge in [0.2, 0.25) is 5.91 Å². The lowest BCUT2D eigenvalue weighted by Gasteiger charge is -2.49. The second kappa shape index (κ2) is 6.37. The van der Waals surface area contributed by atoms with Crippen LogP contribution in [0.1, 0.15) is 38.3 Å².